The first kappa shape index (κ1) is 46.2. The molecule has 4 N–H and O–H groups in total. The number of aliphatic hydroxyl groups is 1. The fourth-order valence-corrected chi connectivity index (χ4v) is 7.83. The molecule has 0 aliphatic carbocycles. The van der Waals surface area contributed by atoms with Crippen molar-refractivity contribution in [1.29, 1.82) is 0 Å². The van der Waals surface area contributed by atoms with Crippen molar-refractivity contribution in [3.8, 4) is 11.1 Å². The zero-order valence-corrected chi connectivity index (χ0v) is 37.1. The molecule has 61 heavy (non-hydrogen) atoms. The fraction of sp³-hybridized carbons (Fsp3) is 0.458. The van der Waals surface area contributed by atoms with Crippen LogP contribution in [0, 0.1) is 24.7 Å². The normalized spacial score (nSPS) is 15.7. The molecule has 1 aliphatic rings. The summed E-state index contributed by atoms with van der Waals surface area (Å²) in [6.07, 6.45) is 0.615. The highest BCUT2D eigenvalue weighted by atomic mass is 16.5. The Hall–Kier alpha value is -5.82. The number of pyridine rings is 2. The zero-order valence-electron chi connectivity index (χ0n) is 37.1. The average Bonchev–Trinajstić information content (AvgIpc) is 3.54. The minimum atomic E-state index is -1.16. The van der Waals surface area contributed by atoms with Gasteiger partial charge >= 0.3 is 12.1 Å². The van der Waals surface area contributed by atoms with E-state index in [-0.39, 0.29) is 24.8 Å². The maximum Gasteiger partial charge on any atom is 0.407 e. The number of aromatic nitrogens is 2. The Balaban J connectivity index is 1.42. The van der Waals surface area contributed by atoms with E-state index in [9.17, 15) is 24.3 Å². The van der Waals surface area contributed by atoms with E-state index in [0.29, 0.717) is 26.1 Å². The second kappa shape index (κ2) is 20.2. The number of aryl methyl sites for hydroxylation is 2. The highest BCUT2D eigenvalue weighted by molar-refractivity contribution is 5.89. The third kappa shape index (κ3) is 12.8. The quantitative estimate of drug-likeness (QED) is 0.101. The standard InChI is InChI=1S/C48H63N7O6/c1-31-18-21-36(29-49-31)35-22-19-34(20-23-35)27-39(52-43(57)41(47(3,4)5)53-45(59)61-9)40(56)28-38(26-33-15-11-10-12-16-33)51-44(58)42(48(6,7)8)55-25-24-54(46(55)60)30-37-17-13-14-32(2)50-37/h10-23,29,38-42,56H,24-28,30H2,1-9H3,(H,51,58)(H,52,57)(H,53,59)/t38-,39-,40-,41+,42+/m0/s1. The molecule has 2 aromatic carbocycles. The van der Waals surface area contributed by atoms with Gasteiger partial charge in [-0.2, -0.15) is 0 Å². The monoisotopic (exact) mass is 833 g/mol. The first-order valence-corrected chi connectivity index (χ1v) is 21.0. The van der Waals surface area contributed by atoms with Crippen LogP contribution in [0.25, 0.3) is 11.1 Å². The van der Waals surface area contributed by atoms with Crippen molar-refractivity contribution in [3.63, 3.8) is 0 Å². The van der Waals surface area contributed by atoms with E-state index < -0.39 is 53.1 Å². The van der Waals surface area contributed by atoms with E-state index >= 15 is 0 Å². The van der Waals surface area contributed by atoms with Crippen LogP contribution >= 0.6 is 0 Å². The lowest BCUT2D eigenvalue weighted by molar-refractivity contribution is -0.130. The topological polar surface area (TPSA) is 166 Å². The number of carbonyl (C=O) groups excluding carboxylic acids is 4. The molecule has 0 unspecified atom stereocenters. The van der Waals surface area contributed by atoms with E-state index in [2.05, 4.69) is 25.9 Å². The molecule has 0 bridgehead atoms. The van der Waals surface area contributed by atoms with Gasteiger partial charge in [-0.15, -0.1) is 0 Å². The number of aliphatic hydroxyl groups excluding tert-OH is 1. The van der Waals surface area contributed by atoms with Gasteiger partial charge in [0, 0.05) is 42.3 Å². The van der Waals surface area contributed by atoms with E-state index in [1.165, 1.54) is 7.11 Å². The van der Waals surface area contributed by atoms with Gasteiger partial charge in [0.2, 0.25) is 11.8 Å². The van der Waals surface area contributed by atoms with Gasteiger partial charge in [-0.1, -0.05) is 108 Å². The number of hydrogen-bond acceptors (Lipinski definition) is 8. The number of carbonyl (C=O) groups is 4. The molecule has 326 valence electrons. The molecule has 2 aromatic heterocycles. The smallest absolute Gasteiger partial charge is 0.407 e. The Bertz CT molecular complexity index is 2100. The van der Waals surface area contributed by atoms with Crippen LogP contribution in [0.5, 0.6) is 0 Å². The minimum Gasteiger partial charge on any atom is -0.453 e. The summed E-state index contributed by atoms with van der Waals surface area (Å²) in [6, 6.07) is 23.8. The van der Waals surface area contributed by atoms with Crippen LogP contribution in [0.15, 0.2) is 91.1 Å². The summed E-state index contributed by atoms with van der Waals surface area (Å²) < 4.78 is 4.84. The first-order valence-electron chi connectivity index (χ1n) is 21.0. The molecule has 1 saturated heterocycles. The molecular weight excluding hydrogens is 771 g/mol. The van der Waals surface area contributed by atoms with Gasteiger partial charge in [0.15, 0.2) is 0 Å². The largest absolute Gasteiger partial charge is 0.453 e. The predicted molar refractivity (Wildman–Crippen MR) is 236 cm³/mol. The number of rotatable bonds is 16. The van der Waals surface area contributed by atoms with Gasteiger partial charge in [-0.25, -0.2) is 9.59 Å². The molecule has 1 aliphatic heterocycles. The summed E-state index contributed by atoms with van der Waals surface area (Å²) in [4.78, 5) is 67.4. The van der Waals surface area contributed by atoms with Crippen molar-refractivity contribution in [2.75, 3.05) is 20.2 Å². The molecule has 3 heterocycles. The molecule has 13 heteroatoms. The van der Waals surface area contributed by atoms with Crippen LogP contribution in [-0.2, 0) is 33.7 Å². The van der Waals surface area contributed by atoms with Crippen LogP contribution in [0.1, 0.15) is 76.2 Å². The lowest BCUT2D eigenvalue weighted by Gasteiger charge is -2.38. The lowest BCUT2D eigenvalue weighted by atomic mass is 9.84. The number of amides is 5. The fourth-order valence-electron chi connectivity index (χ4n) is 7.83. The molecule has 4 aromatic rings. The summed E-state index contributed by atoms with van der Waals surface area (Å²) in [5.74, 6) is -0.819. The molecule has 0 saturated carbocycles. The second-order valence-corrected chi connectivity index (χ2v) is 18.3. The van der Waals surface area contributed by atoms with E-state index in [1.54, 1.807) is 9.80 Å². The Labute approximate surface area is 360 Å². The third-order valence-electron chi connectivity index (χ3n) is 11.0. The van der Waals surface area contributed by atoms with Gasteiger partial charge in [-0.05, 0) is 78.8 Å². The summed E-state index contributed by atoms with van der Waals surface area (Å²) in [5.41, 5.74) is 4.95. The van der Waals surface area contributed by atoms with E-state index in [0.717, 1.165) is 39.3 Å². The number of methoxy groups -OCH3 is 1. The average molecular weight is 834 g/mol. The van der Waals surface area contributed by atoms with E-state index in [4.69, 9.17) is 4.74 Å². The highest BCUT2D eigenvalue weighted by Crippen LogP contribution is 2.29. The summed E-state index contributed by atoms with van der Waals surface area (Å²) >= 11 is 0. The van der Waals surface area contributed by atoms with Gasteiger partial charge in [0.1, 0.15) is 12.1 Å². The molecule has 13 nitrogen and oxygen atoms in total. The molecule has 5 amide bonds. The van der Waals surface area contributed by atoms with Crippen LogP contribution in [0.4, 0.5) is 9.59 Å². The zero-order chi connectivity index (χ0) is 44.5. The number of nitrogens with zero attached hydrogens (tertiary/aromatic N) is 4. The van der Waals surface area contributed by atoms with Crippen LogP contribution in [-0.4, -0.2) is 99.3 Å². The number of nitrogens with one attached hydrogen (secondary N) is 3. The molecular formula is C48H63N7O6. The van der Waals surface area contributed by atoms with E-state index in [1.807, 2.05) is 147 Å². The van der Waals surface area contributed by atoms with Crippen LogP contribution < -0.4 is 16.0 Å². The molecule has 0 radical (unpaired) electrons. The minimum absolute atomic E-state index is 0.0687. The predicted octanol–water partition coefficient (Wildman–Crippen LogP) is 6.39. The Morgan fingerprint density at radius 3 is 2.03 bits per heavy atom. The van der Waals surface area contributed by atoms with Crippen LogP contribution in [0.2, 0.25) is 0 Å². The van der Waals surface area contributed by atoms with Crippen molar-refractivity contribution in [2.45, 2.75) is 111 Å². The summed E-state index contributed by atoms with van der Waals surface area (Å²) in [5, 5.41) is 21.2. The Morgan fingerprint density at radius 2 is 1.43 bits per heavy atom. The SMILES string of the molecule is COC(=O)N[C@H](C(=O)N[C@@H](Cc1ccc(-c2ccc(C)nc2)cc1)[C@@H](O)C[C@H](Cc1ccccc1)NC(=O)[C@@H](N1CCN(Cc2cccc(C)n2)C1=O)C(C)(C)C)C(C)(C)C. The van der Waals surface area contributed by atoms with Crippen LogP contribution in [0.3, 0.4) is 0 Å². The second-order valence-electron chi connectivity index (χ2n) is 18.3. The van der Waals surface area contributed by atoms with Gasteiger partial charge in [0.25, 0.3) is 0 Å². The van der Waals surface area contributed by atoms with Crippen molar-refractivity contribution in [3.05, 3.63) is 119 Å². The van der Waals surface area contributed by atoms with Crippen molar-refractivity contribution in [2.24, 2.45) is 10.8 Å². The number of ether oxygens (including phenoxy) is 1. The summed E-state index contributed by atoms with van der Waals surface area (Å²) in [7, 11) is 1.24. The molecule has 1 fully saturated rings. The van der Waals surface area contributed by atoms with Gasteiger partial charge < -0.3 is 35.6 Å². The lowest BCUT2D eigenvalue weighted by Crippen LogP contribution is -2.59. The molecule has 5 atom stereocenters. The summed E-state index contributed by atoms with van der Waals surface area (Å²) in [6.45, 7) is 16.3. The van der Waals surface area contributed by atoms with Crippen molar-refractivity contribution >= 4 is 23.9 Å². The number of alkyl carbamates (subject to hydrolysis) is 1. The van der Waals surface area contributed by atoms with Crippen molar-refractivity contribution < 1.29 is 29.0 Å². The molecule has 5 rings (SSSR count). The number of hydrogen-bond donors (Lipinski definition) is 4. The maximum absolute atomic E-state index is 14.6. The maximum atomic E-state index is 14.6. The number of urea groups is 1. The highest BCUT2D eigenvalue weighted by Gasteiger charge is 2.44. The Kier molecular flexibility index (Phi) is 15.3. The third-order valence-corrected chi connectivity index (χ3v) is 11.0. The number of benzene rings is 2. The van der Waals surface area contributed by atoms with Gasteiger partial charge in [0.05, 0.1) is 31.5 Å². The van der Waals surface area contributed by atoms with Crippen molar-refractivity contribution in [1.82, 2.24) is 35.7 Å². The van der Waals surface area contributed by atoms with Gasteiger partial charge in [-0.3, -0.25) is 19.6 Å². The Morgan fingerprint density at radius 1 is 0.754 bits per heavy atom. The first-order chi connectivity index (χ1) is 28.8. The molecule has 0 spiro atoms.